The van der Waals surface area contributed by atoms with Gasteiger partial charge in [-0.3, -0.25) is 14.6 Å². The predicted octanol–water partition coefficient (Wildman–Crippen LogP) is 1.86. The van der Waals surface area contributed by atoms with Gasteiger partial charge in [0.05, 0.1) is 12.2 Å². The minimum absolute atomic E-state index is 0.205. The molecule has 0 radical (unpaired) electrons. The Morgan fingerprint density at radius 2 is 1.96 bits per heavy atom. The molecule has 0 bridgehead atoms. The Bertz CT molecular complexity index is 657. The van der Waals surface area contributed by atoms with Crippen molar-refractivity contribution in [2.24, 2.45) is 5.73 Å². The van der Waals surface area contributed by atoms with Crippen molar-refractivity contribution in [2.45, 2.75) is 26.2 Å². The summed E-state index contributed by atoms with van der Waals surface area (Å²) in [5.74, 6) is -0.942. The molecule has 1 atom stereocenters. The van der Waals surface area contributed by atoms with Gasteiger partial charge in [-0.25, -0.2) is 0 Å². The molecule has 1 heterocycles. The van der Waals surface area contributed by atoms with E-state index < -0.39 is 12.1 Å². The monoisotopic (exact) mass is 313 g/mol. The minimum Gasteiger partial charge on any atom is -0.366 e. The van der Waals surface area contributed by atoms with Crippen molar-refractivity contribution in [3.05, 3.63) is 65.5 Å². The molecule has 3 N–H and O–H groups in total. The number of carbonyl (C=O) groups excluding carboxylic acids is 2. The predicted molar refractivity (Wildman–Crippen MR) is 85.5 cm³/mol. The summed E-state index contributed by atoms with van der Waals surface area (Å²) in [5, 5.41) is 2.76. The molecule has 0 saturated carbocycles. The van der Waals surface area contributed by atoms with Gasteiger partial charge in [-0.05, 0) is 24.1 Å². The van der Waals surface area contributed by atoms with Crippen molar-refractivity contribution in [3.63, 3.8) is 0 Å². The van der Waals surface area contributed by atoms with E-state index in [0.29, 0.717) is 13.0 Å². The Morgan fingerprint density at radius 3 is 2.52 bits per heavy atom. The number of nitrogens with two attached hydrogens (primary N) is 1. The van der Waals surface area contributed by atoms with Crippen LogP contribution < -0.4 is 11.1 Å². The molecule has 0 spiro atoms. The minimum atomic E-state index is -0.581. The fourth-order valence-electron chi connectivity index (χ4n) is 1.93. The second-order valence-corrected chi connectivity index (χ2v) is 4.96. The number of carbonyl (C=O) groups is 2. The van der Waals surface area contributed by atoms with Crippen molar-refractivity contribution >= 4 is 11.8 Å². The Morgan fingerprint density at radius 1 is 1.22 bits per heavy atom. The second kappa shape index (κ2) is 8.05. The van der Waals surface area contributed by atoms with E-state index in [2.05, 4.69) is 10.3 Å². The Labute approximate surface area is 134 Å². The van der Waals surface area contributed by atoms with Crippen LogP contribution in [0.5, 0.6) is 0 Å². The summed E-state index contributed by atoms with van der Waals surface area (Å²) < 4.78 is 5.70. The number of amides is 2. The molecular weight excluding hydrogens is 294 g/mol. The van der Waals surface area contributed by atoms with Crippen LogP contribution in [0.15, 0.2) is 48.7 Å². The third-order valence-electron chi connectivity index (χ3n) is 3.24. The third kappa shape index (κ3) is 4.89. The molecule has 2 aromatic rings. The number of benzene rings is 1. The molecule has 0 fully saturated rings. The summed E-state index contributed by atoms with van der Waals surface area (Å²) in [5.41, 5.74) is 6.63. The van der Waals surface area contributed by atoms with E-state index in [9.17, 15) is 9.59 Å². The highest BCUT2D eigenvalue weighted by molar-refractivity contribution is 5.95. The van der Waals surface area contributed by atoms with Crippen LogP contribution in [0.3, 0.4) is 0 Å². The Balaban J connectivity index is 1.92. The maximum absolute atomic E-state index is 12.1. The molecule has 1 aromatic carbocycles. The molecule has 23 heavy (non-hydrogen) atoms. The molecule has 6 nitrogen and oxygen atoms in total. The van der Waals surface area contributed by atoms with Crippen LogP contribution in [-0.4, -0.2) is 23.0 Å². The molecule has 2 amide bonds. The highest BCUT2D eigenvalue weighted by Gasteiger charge is 2.14. The highest BCUT2D eigenvalue weighted by Crippen LogP contribution is 2.06. The van der Waals surface area contributed by atoms with Crippen molar-refractivity contribution in [2.75, 3.05) is 0 Å². The number of ether oxygens (including phenoxy) is 1. The average Bonchev–Trinajstić information content (AvgIpc) is 2.59. The summed E-state index contributed by atoms with van der Waals surface area (Å²) >= 11 is 0. The molecule has 1 aromatic heterocycles. The van der Waals surface area contributed by atoms with Crippen LogP contribution in [0.1, 0.15) is 39.8 Å². The van der Waals surface area contributed by atoms with Gasteiger partial charge < -0.3 is 15.8 Å². The molecule has 0 aliphatic carbocycles. The third-order valence-corrected chi connectivity index (χ3v) is 3.24. The maximum atomic E-state index is 12.1. The lowest BCUT2D eigenvalue weighted by atomic mass is 10.2. The molecule has 0 aliphatic heterocycles. The Kier molecular flexibility index (Phi) is 5.82. The fraction of sp³-hybridized carbons (Fsp3) is 0.235. The SMILES string of the molecule is CCC(NC(=O)c1ccc(C(N)=O)cn1)OCc1ccccc1. The van der Waals surface area contributed by atoms with Crippen molar-refractivity contribution in [1.29, 1.82) is 0 Å². The van der Waals surface area contributed by atoms with Crippen LogP contribution in [0, 0.1) is 0 Å². The summed E-state index contributed by atoms with van der Waals surface area (Å²) in [6.07, 6.45) is 1.49. The summed E-state index contributed by atoms with van der Waals surface area (Å²) in [6.45, 7) is 2.33. The Hall–Kier alpha value is -2.73. The van der Waals surface area contributed by atoms with Gasteiger partial charge in [0.25, 0.3) is 5.91 Å². The lowest BCUT2D eigenvalue weighted by Gasteiger charge is -2.17. The van der Waals surface area contributed by atoms with Crippen LogP contribution in [0.2, 0.25) is 0 Å². The summed E-state index contributed by atoms with van der Waals surface area (Å²) in [6, 6.07) is 12.6. The zero-order chi connectivity index (χ0) is 16.7. The zero-order valence-corrected chi connectivity index (χ0v) is 12.9. The van der Waals surface area contributed by atoms with Gasteiger partial charge in [-0.15, -0.1) is 0 Å². The summed E-state index contributed by atoms with van der Waals surface area (Å²) in [7, 11) is 0. The van der Waals surface area contributed by atoms with Gasteiger partial charge in [0.2, 0.25) is 5.91 Å². The number of primary amides is 1. The molecule has 6 heteroatoms. The van der Waals surface area contributed by atoms with Gasteiger partial charge in [-0.2, -0.15) is 0 Å². The second-order valence-electron chi connectivity index (χ2n) is 4.96. The standard InChI is InChI=1S/C17H19N3O3/c1-2-15(23-11-12-6-4-3-5-7-12)20-17(22)14-9-8-13(10-19-14)16(18)21/h3-10,15H,2,11H2,1H3,(H2,18,21)(H,20,22). The molecule has 120 valence electrons. The first-order valence-electron chi connectivity index (χ1n) is 7.32. The van der Waals surface area contributed by atoms with E-state index in [1.54, 1.807) is 0 Å². The number of aromatic nitrogens is 1. The van der Waals surface area contributed by atoms with E-state index in [0.717, 1.165) is 5.56 Å². The van der Waals surface area contributed by atoms with E-state index in [-0.39, 0.29) is 17.2 Å². The number of nitrogens with zero attached hydrogens (tertiary/aromatic N) is 1. The smallest absolute Gasteiger partial charge is 0.271 e. The topological polar surface area (TPSA) is 94.3 Å². The lowest BCUT2D eigenvalue weighted by molar-refractivity contribution is 0.0154. The first kappa shape index (κ1) is 16.6. The first-order valence-corrected chi connectivity index (χ1v) is 7.32. The van der Waals surface area contributed by atoms with Crippen LogP contribution in [-0.2, 0) is 11.3 Å². The number of nitrogens with one attached hydrogen (secondary N) is 1. The van der Waals surface area contributed by atoms with Crippen molar-refractivity contribution < 1.29 is 14.3 Å². The first-order chi connectivity index (χ1) is 11.1. The molecule has 0 aliphatic rings. The molecule has 1 unspecified atom stereocenters. The fourth-order valence-corrected chi connectivity index (χ4v) is 1.93. The lowest BCUT2D eigenvalue weighted by Crippen LogP contribution is -2.36. The van der Waals surface area contributed by atoms with E-state index in [4.69, 9.17) is 10.5 Å². The number of rotatable bonds is 7. The van der Waals surface area contributed by atoms with Gasteiger partial charge >= 0.3 is 0 Å². The number of hydrogen-bond acceptors (Lipinski definition) is 4. The largest absolute Gasteiger partial charge is 0.366 e. The maximum Gasteiger partial charge on any atom is 0.271 e. The molecule has 0 saturated heterocycles. The number of pyridine rings is 1. The van der Waals surface area contributed by atoms with Crippen molar-refractivity contribution in [3.8, 4) is 0 Å². The van der Waals surface area contributed by atoms with E-state index in [1.165, 1.54) is 18.3 Å². The van der Waals surface area contributed by atoms with Crippen LogP contribution in [0.4, 0.5) is 0 Å². The van der Waals surface area contributed by atoms with Crippen LogP contribution >= 0.6 is 0 Å². The van der Waals surface area contributed by atoms with E-state index >= 15 is 0 Å². The molecular formula is C17H19N3O3. The quantitative estimate of drug-likeness (QED) is 0.763. The average molecular weight is 313 g/mol. The van der Waals surface area contributed by atoms with E-state index in [1.807, 2.05) is 37.3 Å². The zero-order valence-electron chi connectivity index (χ0n) is 12.9. The molecule has 2 rings (SSSR count). The van der Waals surface area contributed by atoms with Gasteiger partial charge in [-0.1, -0.05) is 37.3 Å². The summed E-state index contributed by atoms with van der Waals surface area (Å²) in [4.78, 5) is 27.1. The highest BCUT2D eigenvalue weighted by atomic mass is 16.5. The number of hydrogen-bond donors (Lipinski definition) is 2. The van der Waals surface area contributed by atoms with Gasteiger partial charge in [0, 0.05) is 6.20 Å². The van der Waals surface area contributed by atoms with Gasteiger partial charge in [0.1, 0.15) is 11.9 Å². The normalized spacial score (nSPS) is 11.7. The van der Waals surface area contributed by atoms with Crippen LogP contribution in [0.25, 0.3) is 0 Å². The van der Waals surface area contributed by atoms with Gasteiger partial charge in [0.15, 0.2) is 0 Å². The van der Waals surface area contributed by atoms with Crippen molar-refractivity contribution in [1.82, 2.24) is 10.3 Å².